The molecule has 9 heteroatoms. The molecule has 0 radical (unpaired) electrons. The van der Waals surface area contributed by atoms with E-state index in [-0.39, 0.29) is 22.8 Å². The number of hydrogen-bond acceptors (Lipinski definition) is 5. The first-order valence-electron chi connectivity index (χ1n) is 8.01. The monoisotopic (exact) mass is 380 g/mol. The summed E-state index contributed by atoms with van der Waals surface area (Å²) in [5, 5.41) is 21.3. The summed E-state index contributed by atoms with van der Waals surface area (Å²) in [5.74, 6) is 0. The highest BCUT2D eigenvalue weighted by Gasteiger charge is 2.28. The van der Waals surface area contributed by atoms with Gasteiger partial charge in [0, 0.05) is 12.1 Å². The van der Waals surface area contributed by atoms with Gasteiger partial charge in [-0.1, -0.05) is 24.3 Å². The van der Waals surface area contributed by atoms with Crippen LogP contribution in [-0.2, 0) is 10.0 Å². The maximum Gasteiger partial charge on any atom is 0.271 e. The third-order valence-corrected chi connectivity index (χ3v) is 5.49. The number of rotatable bonds is 8. The van der Waals surface area contributed by atoms with Crippen LogP contribution in [0, 0.1) is 10.1 Å². The van der Waals surface area contributed by atoms with Crippen LogP contribution >= 0.6 is 0 Å². The van der Waals surface area contributed by atoms with Gasteiger partial charge in [0.05, 0.1) is 36.1 Å². The van der Waals surface area contributed by atoms with E-state index in [4.69, 9.17) is 0 Å². The van der Waals surface area contributed by atoms with Crippen LogP contribution in [0.1, 0.15) is 0 Å². The zero-order chi connectivity index (χ0) is 19.3. The minimum atomic E-state index is -3.99. The topological polar surface area (TPSA) is 105 Å². The Morgan fingerprint density at radius 3 is 2.38 bits per heavy atom. The highest BCUT2D eigenvalue weighted by Crippen LogP contribution is 2.27. The minimum absolute atomic E-state index is 0.0518. The third kappa shape index (κ3) is 4.78. The summed E-state index contributed by atoms with van der Waals surface area (Å²) in [5.41, 5.74) is -0.0839. The second-order valence-corrected chi connectivity index (χ2v) is 8.05. The average Bonchev–Trinajstić information content (AvgIpc) is 2.59. The van der Waals surface area contributed by atoms with Gasteiger partial charge in [-0.2, -0.15) is 0 Å². The maximum atomic E-state index is 13.1. The SMILES string of the molecule is C[NH+](C)C[C@H](O)CN(c1cccc([N+](=O)[O-])c1)S(=O)(=O)c1ccccc1. The van der Waals surface area contributed by atoms with E-state index in [1.54, 1.807) is 18.2 Å². The van der Waals surface area contributed by atoms with Gasteiger partial charge in [-0.05, 0) is 18.2 Å². The van der Waals surface area contributed by atoms with Crippen molar-refractivity contribution in [3.8, 4) is 0 Å². The molecule has 0 aliphatic carbocycles. The molecule has 8 nitrogen and oxygen atoms in total. The maximum absolute atomic E-state index is 13.1. The van der Waals surface area contributed by atoms with Crippen molar-refractivity contribution in [2.45, 2.75) is 11.0 Å². The molecule has 0 aliphatic rings. The number of hydrogen-bond donors (Lipinski definition) is 2. The lowest BCUT2D eigenvalue weighted by Crippen LogP contribution is -3.07. The van der Waals surface area contributed by atoms with E-state index in [2.05, 4.69) is 0 Å². The van der Waals surface area contributed by atoms with Gasteiger partial charge in [0.1, 0.15) is 12.6 Å². The molecule has 0 amide bonds. The first-order valence-corrected chi connectivity index (χ1v) is 9.45. The van der Waals surface area contributed by atoms with Crippen molar-refractivity contribution in [1.29, 1.82) is 0 Å². The number of nitrogens with zero attached hydrogens (tertiary/aromatic N) is 2. The Kier molecular flexibility index (Phi) is 6.30. The fraction of sp³-hybridized carbons (Fsp3) is 0.294. The molecule has 0 spiro atoms. The highest BCUT2D eigenvalue weighted by atomic mass is 32.2. The zero-order valence-corrected chi connectivity index (χ0v) is 15.4. The lowest BCUT2D eigenvalue weighted by Gasteiger charge is -2.27. The van der Waals surface area contributed by atoms with Crippen LogP contribution in [0.2, 0.25) is 0 Å². The van der Waals surface area contributed by atoms with E-state index in [1.807, 2.05) is 14.1 Å². The predicted octanol–water partition coefficient (Wildman–Crippen LogP) is 0.296. The molecule has 2 aromatic carbocycles. The number of aliphatic hydroxyl groups is 1. The van der Waals surface area contributed by atoms with Crippen molar-refractivity contribution < 1.29 is 23.3 Å². The van der Waals surface area contributed by atoms with E-state index in [0.29, 0.717) is 6.54 Å². The molecule has 2 aromatic rings. The summed E-state index contributed by atoms with van der Waals surface area (Å²) in [6.07, 6.45) is -0.933. The fourth-order valence-electron chi connectivity index (χ4n) is 2.55. The number of anilines is 1. The molecule has 0 bridgehead atoms. The van der Waals surface area contributed by atoms with E-state index in [0.717, 1.165) is 9.21 Å². The Bertz CT molecular complexity index is 856. The highest BCUT2D eigenvalue weighted by molar-refractivity contribution is 7.92. The van der Waals surface area contributed by atoms with Crippen LogP contribution in [0.15, 0.2) is 59.5 Å². The molecule has 1 atom stereocenters. The van der Waals surface area contributed by atoms with Crippen molar-refractivity contribution >= 4 is 21.4 Å². The van der Waals surface area contributed by atoms with Crippen LogP contribution < -0.4 is 9.21 Å². The summed E-state index contributed by atoms with van der Waals surface area (Å²) >= 11 is 0. The third-order valence-electron chi connectivity index (χ3n) is 3.68. The van der Waals surface area contributed by atoms with Crippen LogP contribution in [0.25, 0.3) is 0 Å². The quantitative estimate of drug-likeness (QED) is 0.506. The Hall–Kier alpha value is -2.49. The van der Waals surface area contributed by atoms with Crippen LogP contribution in [0.5, 0.6) is 0 Å². The van der Waals surface area contributed by atoms with Crippen molar-refractivity contribution in [3.63, 3.8) is 0 Å². The number of sulfonamides is 1. The molecule has 0 heterocycles. The number of nitro groups is 1. The second-order valence-electron chi connectivity index (χ2n) is 6.19. The van der Waals surface area contributed by atoms with Gasteiger partial charge in [-0.25, -0.2) is 8.42 Å². The van der Waals surface area contributed by atoms with Crippen molar-refractivity contribution in [2.24, 2.45) is 0 Å². The summed E-state index contributed by atoms with van der Waals surface area (Å²) in [7, 11) is -0.306. The molecular weight excluding hydrogens is 358 g/mol. The molecule has 0 aromatic heterocycles. The van der Waals surface area contributed by atoms with Gasteiger partial charge in [0.15, 0.2) is 0 Å². The number of likely N-dealkylation sites (N-methyl/N-ethyl adjacent to an activating group) is 1. The lowest BCUT2D eigenvalue weighted by molar-refractivity contribution is -0.861. The van der Waals surface area contributed by atoms with Gasteiger partial charge >= 0.3 is 0 Å². The standard InChI is InChI=1S/C17H21N3O5S/c1-18(2)12-16(21)13-19(14-7-6-8-15(11-14)20(22)23)26(24,25)17-9-4-3-5-10-17/h3-11,16,21H,12-13H2,1-2H3/p+1/t16-/m0/s1. The number of benzene rings is 2. The second kappa shape index (κ2) is 8.26. The Labute approximate surface area is 152 Å². The predicted molar refractivity (Wildman–Crippen MR) is 97.8 cm³/mol. The van der Waals surface area contributed by atoms with Crippen LogP contribution in [0.3, 0.4) is 0 Å². The fourth-order valence-corrected chi connectivity index (χ4v) is 4.07. The average molecular weight is 380 g/mol. The van der Waals surface area contributed by atoms with Gasteiger partial charge in [-0.3, -0.25) is 14.4 Å². The molecule has 140 valence electrons. The van der Waals surface area contributed by atoms with Crippen LogP contribution in [-0.4, -0.2) is 51.7 Å². The van der Waals surface area contributed by atoms with Gasteiger partial charge in [-0.15, -0.1) is 0 Å². The van der Waals surface area contributed by atoms with Crippen molar-refractivity contribution in [1.82, 2.24) is 0 Å². The Balaban J connectivity index is 2.49. The Morgan fingerprint density at radius 2 is 1.81 bits per heavy atom. The first kappa shape index (κ1) is 19.8. The lowest BCUT2D eigenvalue weighted by atomic mass is 10.2. The number of non-ortho nitro benzene ring substituents is 1. The van der Waals surface area contributed by atoms with Crippen molar-refractivity contribution in [3.05, 3.63) is 64.7 Å². The summed E-state index contributed by atoms with van der Waals surface area (Å²) in [6.45, 7) is 0.124. The normalized spacial score (nSPS) is 12.8. The number of nitrogens with one attached hydrogen (secondary N) is 1. The number of quaternary nitrogens is 1. The largest absolute Gasteiger partial charge is 0.385 e. The van der Waals surface area contributed by atoms with E-state index < -0.39 is 21.1 Å². The van der Waals surface area contributed by atoms with Gasteiger partial charge in [0.2, 0.25) is 0 Å². The molecule has 26 heavy (non-hydrogen) atoms. The van der Waals surface area contributed by atoms with E-state index in [9.17, 15) is 23.6 Å². The summed E-state index contributed by atoms with van der Waals surface area (Å²) in [4.78, 5) is 11.5. The number of nitro benzene ring substituents is 1. The van der Waals surface area contributed by atoms with E-state index >= 15 is 0 Å². The number of aliphatic hydroxyl groups excluding tert-OH is 1. The summed E-state index contributed by atoms with van der Waals surface area (Å²) in [6, 6.07) is 13.2. The molecule has 0 fully saturated rings. The van der Waals surface area contributed by atoms with Gasteiger partial charge < -0.3 is 10.0 Å². The molecule has 2 N–H and O–H groups in total. The molecular formula is C17H22N3O5S+. The first-order chi connectivity index (χ1) is 12.2. The molecule has 0 saturated carbocycles. The smallest absolute Gasteiger partial charge is 0.271 e. The van der Waals surface area contributed by atoms with E-state index in [1.165, 1.54) is 36.4 Å². The molecule has 2 rings (SSSR count). The molecule has 0 saturated heterocycles. The Morgan fingerprint density at radius 1 is 1.15 bits per heavy atom. The van der Waals surface area contributed by atoms with Crippen molar-refractivity contribution in [2.75, 3.05) is 31.5 Å². The summed E-state index contributed by atoms with van der Waals surface area (Å²) < 4.78 is 27.2. The van der Waals surface area contributed by atoms with Crippen LogP contribution in [0.4, 0.5) is 11.4 Å². The molecule has 0 unspecified atom stereocenters. The minimum Gasteiger partial charge on any atom is -0.385 e. The molecule has 0 aliphatic heterocycles. The van der Waals surface area contributed by atoms with Gasteiger partial charge in [0.25, 0.3) is 15.7 Å². The zero-order valence-electron chi connectivity index (χ0n) is 14.6.